The van der Waals surface area contributed by atoms with Crippen molar-refractivity contribution in [3.63, 3.8) is 0 Å². The van der Waals surface area contributed by atoms with E-state index in [1.165, 1.54) is 13.2 Å². The summed E-state index contributed by atoms with van der Waals surface area (Å²) in [7, 11) is 1.53. The third-order valence-electron chi connectivity index (χ3n) is 4.79. The van der Waals surface area contributed by atoms with E-state index in [1.807, 2.05) is 0 Å². The molecule has 162 valence electrons. The van der Waals surface area contributed by atoms with Gasteiger partial charge in [-0.2, -0.15) is 0 Å². The average Bonchev–Trinajstić information content (AvgIpc) is 2.78. The molecule has 0 aliphatic rings. The van der Waals surface area contributed by atoms with Gasteiger partial charge in [-0.25, -0.2) is 9.59 Å². The number of anilines is 1. The topological polar surface area (TPSA) is 94.8 Å². The van der Waals surface area contributed by atoms with E-state index in [9.17, 15) is 14.4 Å². The molecule has 0 aliphatic heterocycles. The normalized spacial score (nSPS) is 10.6. The van der Waals surface area contributed by atoms with Gasteiger partial charge in [-0.3, -0.25) is 4.79 Å². The Morgan fingerprint density at radius 1 is 1.00 bits per heavy atom. The predicted octanol–water partition coefficient (Wildman–Crippen LogP) is 4.79. The number of nitrogens with one attached hydrogen (secondary N) is 1. The minimum atomic E-state index is -0.738. The van der Waals surface area contributed by atoms with E-state index in [4.69, 9.17) is 13.9 Å². The molecule has 3 aromatic rings. The van der Waals surface area contributed by atoms with E-state index in [-0.39, 0.29) is 5.56 Å². The van der Waals surface area contributed by atoms with Crippen LogP contribution in [0.1, 0.15) is 53.3 Å². The van der Waals surface area contributed by atoms with Crippen LogP contribution < -0.4 is 15.7 Å². The fourth-order valence-corrected chi connectivity index (χ4v) is 3.05. The summed E-state index contributed by atoms with van der Waals surface area (Å²) in [5, 5.41) is 3.21. The lowest BCUT2D eigenvalue weighted by atomic mass is 10.1. The quantitative estimate of drug-likeness (QED) is 0.302. The van der Waals surface area contributed by atoms with Crippen LogP contribution in [-0.2, 0) is 4.74 Å². The zero-order valence-electron chi connectivity index (χ0n) is 17.6. The van der Waals surface area contributed by atoms with Gasteiger partial charge in [0.2, 0.25) is 0 Å². The fraction of sp³-hybridized carbons (Fsp3) is 0.292. The van der Waals surface area contributed by atoms with E-state index in [0.717, 1.165) is 25.7 Å². The number of carbonyl (C=O) groups excluding carboxylic acids is 2. The SMILES string of the molecule is CCCCCCOC(=O)c1ccc(NC(=O)c2cc3cc(OC)ccc3oc2=O)cc1. The molecule has 0 bridgehead atoms. The van der Waals surface area contributed by atoms with Crippen LogP contribution in [0.5, 0.6) is 5.75 Å². The van der Waals surface area contributed by atoms with E-state index in [2.05, 4.69) is 12.2 Å². The Kier molecular flexibility index (Phi) is 7.43. The van der Waals surface area contributed by atoms with Crippen molar-refractivity contribution in [1.29, 1.82) is 0 Å². The monoisotopic (exact) mass is 423 g/mol. The number of amides is 1. The summed E-state index contributed by atoms with van der Waals surface area (Å²) in [5.41, 5.74) is 0.329. The molecular formula is C24H25NO6. The summed E-state index contributed by atoms with van der Waals surface area (Å²) in [6.07, 6.45) is 4.11. The van der Waals surface area contributed by atoms with Gasteiger partial charge in [0.05, 0.1) is 19.3 Å². The van der Waals surface area contributed by atoms with Gasteiger partial charge < -0.3 is 19.2 Å². The zero-order chi connectivity index (χ0) is 22.2. The highest BCUT2D eigenvalue weighted by atomic mass is 16.5. The number of ether oxygens (including phenoxy) is 2. The fourth-order valence-electron chi connectivity index (χ4n) is 3.05. The van der Waals surface area contributed by atoms with Gasteiger partial charge in [-0.15, -0.1) is 0 Å². The Morgan fingerprint density at radius 3 is 2.48 bits per heavy atom. The van der Waals surface area contributed by atoms with Crippen LogP contribution in [0.4, 0.5) is 5.69 Å². The Hall–Kier alpha value is -3.61. The molecule has 0 saturated carbocycles. The second-order valence-electron chi connectivity index (χ2n) is 7.08. The van der Waals surface area contributed by atoms with Crippen molar-refractivity contribution >= 4 is 28.5 Å². The van der Waals surface area contributed by atoms with Crippen molar-refractivity contribution in [3.05, 3.63) is 70.1 Å². The summed E-state index contributed by atoms with van der Waals surface area (Å²) in [6, 6.07) is 12.7. The molecule has 7 nitrogen and oxygen atoms in total. The first-order chi connectivity index (χ1) is 15.0. The molecule has 3 rings (SSSR count). The van der Waals surface area contributed by atoms with Gasteiger partial charge in [0.15, 0.2) is 0 Å². The van der Waals surface area contributed by atoms with Gasteiger partial charge in [0, 0.05) is 11.1 Å². The molecule has 1 amide bonds. The smallest absolute Gasteiger partial charge is 0.349 e. The van der Waals surface area contributed by atoms with Gasteiger partial charge in [-0.05, 0) is 55.0 Å². The van der Waals surface area contributed by atoms with E-state index < -0.39 is 17.5 Å². The average molecular weight is 423 g/mol. The number of esters is 1. The van der Waals surface area contributed by atoms with Gasteiger partial charge in [-0.1, -0.05) is 26.2 Å². The van der Waals surface area contributed by atoms with Gasteiger partial charge >= 0.3 is 11.6 Å². The molecule has 31 heavy (non-hydrogen) atoms. The lowest BCUT2D eigenvalue weighted by molar-refractivity contribution is 0.0497. The first-order valence-corrected chi connectivity index (χ1v) is 10.2. The summed E-state index contributed by atoms with van der Waals surface area (Å²) < 4.78 is 15.6. The highest BCUT2D eigenvalue weighted by Gasteiger charge is 2.15. The number of hydrogen-bond donors (Lipinski definition) is 1. The summed E-state index contributed by atoms with van der Waals surface area (Å²) in [6.45, 7) is 2.51. The van der Waals surface area contributed by atoms with Crippen LogP contribution in [0, 0.1) is 0 Å². The Labute approximate surface area is 180 Å². The highest BCUT2D eigenvalue weighted by molar-refractivity contribution is 6.05. The standard InChI is InChI=1S/C24H25NO6/c1-3-4-5-6-13-30-23(27)16-7-9-18(10-8-16)25-22(26)20-15-17-14-19(29-2)11-12-21(17)31-24(20)28/h7-12,14-15H,3-6,13H2,1-2H3,(H,25,26). The summed E-state index contributed by atoms with van der Waals surface area (Å²) in [5.74, 6) is -0.427. The van der Waals surface area contributed by atoms with Crippen LogP contribution in [0.25, 0.3) is 11.0 Å². The van der Waals surface area contributed by atoms with Crippen molar-refractivity contribution in [2.75, 3.05) is 19.0 Å². The molecule has 0 atom stereocenters. The highest BCUT2D eigenvalue weighted by Crippen LogP contribution is 2.21. The molecule has 2 aromatic carbocycles. The minimum absolute atomic E-state index is 0.128. The number of unbranched alkanes of at least 4 members (excludes halogenated alkanes) is 3. The molecule has 7 heteroatoms. The van der Waals surface area contributed by atoms with Crippen LogP contribution in [0.2, 0.25) is 0 Å². The second-order valence-corrected chi connectivity index (χ2v) is 7.08. The number of rotatable bonds is 9. The van der Waals surface area contributed by atoms with Crippen molar-refractivity contribution < 1.29 is 23.5 Å². The van der Waals surface area contributed by atoms with Crippen LogP contribution in [-0.4, -0.2) is 25.6 Å². The number of fused-ring (bicyclic) bond motifs is 1. The summed E-state index contributed by atoms with van der Waals surface area (Å²) >= 11 is 0. The maximum absolute atomic E-state index is 12.6. The van der Waals surface area contributed by atoms with Crippen molar-refractivity contribution in [2.45, 2.75) is 32.6 Å². The Morgan fingerprint density at radius 2 is 1.77 bits per heavy atom. The maximum Gasteiger partial charge on any atom is 0.349 e. The lowest BCUT2D eigenvalue weighted by Gasteiger charge is -2.08. The maximum atomic E-state index is 12.6. The molecule has 1 N–H and O–H groups in total. The first-order valence-electron chi connectivity index (χ1n) is 10.2. The summed E-state index contributed by atoms with van der Waals surface area (Å²) in [4.78, 5) is 36.9. The third kappa shape index (κ3) is 5.72. The molecule has 0 unspecified atom stereocenters. The molecule has 0 fully saturated rings. The van der Waals surface area contributed by atoms with Crippen molar-refractivity contribution in [2.24, 2.45) is 0 Å². The Bertz CT molecular complexity index is 1120. The number of benzene rings is 2. The van der Waals surface area contributed by atoms with Crippen LogP contribution >= 0.6 is 0 Å². The molecule has 0 saturated heterocycles. The van der Waals surface area contributed by atoms with E-state index >= 15 is 0 Å². The molecule has 0 radical (unpaired) electrons. The molecule has 1 aromatic heterocycles. The van der Waals surface area contributed by atoms with Gasteiger partial charge in [0.25, 0.3) is 5.91 Å². The lowest BCUT2D eigenvalue weighted by Crippen LogP contribution is -2.20. The van der Waals surface area contributed by atoms with Crippen LogP contribution in [0.3, 0.4) is 0 Å². The number of hydrogen-bond acceptors (Lipinski definition) is 6. The second kappa shape index (κ2) is 10.4. The molecule has 0 aliphatic carbocycles. The van der Waals surface area contributed by atoms with Crippen LogP contribution in [0.15, 0.2) is 57.7 Å². The van der Waals surface area contributed by atoms with E-state index in [0.29, 0.717) is 34.6 Å². The molecule has 1 heterocycles. The molecular weight excluding hydrogens is 398 g/mol. The van der Waals surface area contributed by atoms with Crippen molar-refractivity contribution in [1.82, 2.24) is 0 Å². The number of carbonyl (C=O) groups is 2. The minimum Gasteiger partial charge on any atom is -0.497 e. The Balaban J connectivity index is 1.66. The third-order valence-corrected chi connectivity index (χ3v) is 4.79. The largest absolute Gasteiger partial charge is 0.497 e. The van der Waals surface area contributed by atoms with E-state index in [1.54, 1.807) is 42.5 Å². The number of methoxy groups -OCH3 is 1. The van der Waals surface area contributed by atoms with Gasteiger partial charge in [0.1, 0.15) is 16.9 Å². The predicted molar refractivity (Wildman–Crippen MR) is 118 cm³/mol. The first kappa shape index (κ1) is 22.1. The van der Waals surface area contributed by atoms with Crippen molar-refractivity contribution in [3.8, 4) is 5.75 Å². The molecule has 0 spiro atoms. The zero-order valence-corrected chi connectivity index (χ0v) is 17.6.